The zero-order valence-corrected chi connectivity index (χ0v) is 9.35. The highest BCUT2D eigenvalue weighted by atomic mass is 32.2. The van der Waals surface area contributed by atoms with Gasteiger partial charge in [-0.15, -0.1) is 11.8 Å². The van der Waals surface area contributed by atoms with E-state index in [0.717, 1.165) is 25.9 Å². The molecular formula is C10H16N2OS. The Bertz CT molecular complexity index is 265. The molecule has 0 radical (unpaired) electrons. The van der Waals surface area contributed by atoms with Crippen LogP contribution in [0.2, 0.25) is 0 Å². The smallest absolute Gasteiger partial charge is 0.220 e. The normalized spacial score (nSPS) is 27.6. The Kier molecular flexibility index (Phi) is 3.11. The molecule has 0 bridgehead atoms. The monoisotopic (exact) mass is 212 g/mol. The molecule has 1 unspecified atom stereocenters. The Balaban J connectivity index is 2.08. The van der Waals surface area contributed by atoms with Crippen molar-refractivity contribution in [2.45, 2.75) is 32.2 Å². The van der Waals surface area contributed by atoms with Gasteiger partial charge in [-0.1, -0.05) is 0 Å². The number of likely N-dealkylation sites (tertiary alicyclic amines) is 1. The van der Waals surface area contributed by atoms with Crippen LogP contribution in [0, 0.1) is 0 Å². The number of rotatable bonds is 1. The van der Waals surface area contributed by atoms with E-state index in [1.165, 1.54) is 17.2 Å². The molecule has 1 amide bonds. The molecule has 0 aromatic carbocycles. The van der Waals surface area contributed by atoms with Gasteiger partial charge in [0.2, 0.25) is 5.91 Å². The summed E-state index contributed by atoms with van der Waals surface area (Å²) >= 11 is 1.84. The lowest BCUT2D eigenvalue weighted by molar-refractivity contribution is -0.128. The second-order valence-electron chi connectivity index (χ2n) is 3.79. The largest absolute Gasteiger partial charge is 0.334 e. The third kappa shape index (κ3) is 1.95. The fourth-order valence-corrected chi connectivity index (χ4v) is 3.18. The Labute approximate surface area is 89.0 Å². The Morgan fingerprint density at radius 2 is 2.43 bits per heavy atom. The first-order chi connectivity index (χ1) is 6.79. The third-order valence-electron chi connectivity index (χ3n) is 2.76. The minimum atomic E-state index is 0.196. The van der Waals surface area contributed by atoms with Crippen LogP contribution in [0.4, 0.5) is 0 Å². The summed E-state index contributed by atoms with van der Waals surface area (Å²) in [7, 11) is 0. The average molecular weight is 212 g/mol. The van der Waals surface area contributed by atoms with Crippen LogP contribution in [-0.4, -0.2) is 40.7 Å². The van der Waals surface area contributed by atoms with Crippen molar-refractivity contribution in [2.24, 2.45) is 4.99 Å². The number of amides is 1. The molecule has 0 aliphatic carbocycles. The average Bonchev–Trinajstić information content (AvgIpc) is 2.67. The molecule has 14 heavy (non-hydrogen) atoms. The SMILES string of the molecule is CC(=O)N1CCCC1C1=NCCCS1. The van der Waals surface area contributed by atoms with Gasteiger partial charge in [0.25, 0.3) is 0 Å². The van der Waals surface area contributed by atoms with Crippen LogP contribution in [0.1, 0.15) is 26.2 Å². The molecule has 2 heterocycles. The van der Waals surface area contributed by atoms with Crippen LogP contribution < -0.4 is 0 Å². The molecule has 1 atom stereocenters. The number of thioether (sulfide) groups is 1. The summed E-state index contributed by atoms with van der Waals surface area (Å²) in [6.07, 6.45) is 3.41. The first kappa shape index (κ1) is 10.0. The number of carbonyl (C=O) groups is 1. The van der Waals surface area contributed by atoms with Gasteiger partial charge in [0.05, 0.1) is 11.1 Å². The van der Waals surface area contributed by atoms with Crippen LogP contribution in [0.5, 0.6) is 0 Å². The van der Waals surface area contributed by atoms with Gasteiger partial charge in [0.15, 0.2) is 0 Å². The number of aliphatic imine (C=N–C) groups is 1. The summed E-state index contributed by atoms with van der Waals surface area (Å²) < 4.78 is 0. The summed E-state index contributed by atoms with van der Waals surface area (Å²) in [4.78, 5) is 17.9. The van der Waals surface area contributed by atoms with Gasteiger partial charge in [-0.2, -0.15) is 0 Å². The molecule has 2 aliphatic heterocycles. The van der Waals surface area contributed by atoms with Gasteiger partial charge in [-0.05, 0) is 19.3 Å². The van der Waals surface area contributed by atoms with Crippen LogP contribution in [-0.2, 0) is 4.79 Å². The van der Waals surface area contributed by atoms with Gasteiger partial charge in [-0.25, -0.2) is 0 Å². The lowest BCUT2D eigenvalue weighted by atomic mass is 10.2. The van der Waals surface area contributed by atoms with Crippen LogP contribution in [0.25, 0.3) is 0 Å². The molecule has 2 aliphatic rings. The van der Waals surface area contributed by atoms with E-state index in [1.807, 2.05) is 16.7 Å². The van der Waals surface area contributed by atoms with Crippen molar-refractivity contribution in [2.75, 3.05) is 18.8 Å². The molecule has 78 valence electrons. The van der Waals surface area contributed by atoms with Crippen molar-refractivity contribution in [1.29, 1.82) is 0 Å². The van der Waals surface area contributed by atoms with Crippen molar-refractivity contribution in [3.05, 3.63) is 0 Å². The zero-order valence-electron chi connectivity index (χ0n) is 8.53. The predicted octanol–water partition coefficient (Wildman–Crippen LogP) is 1.53. The third-order valence-corrected chi connectivity index (χ3v) is 3.95. The van der Waals surface area contributed by atoms with E-state index in [9.17, 15) is 4.79 Å². The highest BCUT2D eigenvalue weighted by Gasteiger charge is 2.31. The van der Waals surface area contributed by atoms with Crippen LogP contribution >= 0.6 is 11.8 Å². The molecule has 2 rings (SSSR count). The molecule has 0 N–H and O–H groups in total. The second kappa shape index (κ2) is 4.34. The molecule has 1 saturated heterocycles. The topological polar surface area (TPSA) is 32.7 Å². The molecule has 0 spiro atoms. The van der Waals surface area contributed by atoms with Crippen molar-refractivity contribution < 1.29 is 4.79 Å². The van der Waals surface area contributed by atoms with E-state index < -0.39 is 0 Å². The molecule has 0 saturated carbocycles. The fraction of sp³-hybridized carbons (Fsp3) is 0.800. The maximum atomic E-state index is 11.4. The lowest BCUT2D eigenvalue weighted by Crippen LogP contribution is -2.38. The van der Waals surface area contributed by atoms with E-state index in [0.29, 0.717) is 6.04 Å². The first-order valence-electron chi connectivity index (χ1n) is 5.23. The molecule has 0 aromatic heterocycles. The first-order valence-corrected chi connectivity index (χ1v) is 6.22. The van der Waals surface area contributed by atoms with Gasteiger partial charge in [-0.3, -0.25) is 9.79 Å². The van der Waals surface area contributed by atoms with Gasteiger partial charge >= 0.3 is 0 Å². The van der Waals surface area contributed by atoms with E-state index in [4.69, 9.17) is 0 Å². The maximum absolute atomic E-state index is 11.4. The lowest BCUT2D eigenvalue weighted by Gasteiger charge is -2.25. The van der Waals surface area contributed by atoms with Crippen LogP contribution in [0.15, 0.2) is 4.99 Å². The van der Waals surface area contributed by atoms with E-state index in [1.54, 1.807) is 6.92 Å². The molecular weight excluding hydrogens is 196 g/mol. The highest BCUT2D eigenvalue weighted by Crippen LogP contribution is 2.26. The van der Waals surface area contributed by atoms with E-state index in [-0.39, 0.29) is 5.91 Å². The highest BCUT2D eigenvalue weighted by molar-refractivity contribution is 8.14. The molecule has 1 fully saturated rings. The second-order valence-corrected chi connectivity index (χ2v) is 4.91. The Morgan fingerprint density at radius 1 is 1.57 bits per heavy atom. The molecule has 0 aromatic rings. The zero-order chi connectivity index (χ0) is 9.97. The standard InChI is InChI=1S/C10H16N2OS/c1-8(13)12-6-2-4-9(12)10-11-5-3-7-14-10/h9H,2-7H2,1H3. The van der Waals surface area contributed by atoms with Gasteiger partial charge in [0.1, 0.15) is 0 Å². The molecule has 4 heteroatoms. The number of hydrogen-bond donors (Lipinski definition) is 0. The summed E-state index contributed by atoms with van der Waals surface area (Å²) in [6.45, 7) is 3.52. The maximum Gasteiger partial charge on any atom is 0.220 e. The summed E-state index contributed by atoms with van der Waals surface area (Å²) in [5, 5.41) is 1.20. The quantitative estimate of drug-likeness (QED) is 0.660. The summed E-state index contributed by atoms with van der Waals surface area (Å²) in [5.74, 6) is 1.36. The minimum Gasteiger partial charge on any atom is -0.334 e. The van der Waals surface area contributed by atoms with Crippen molar-refractivity contribution in [3.63, 3.8) is 0 Å². The Hall–Kier alpha value is -0.510. The van der Waals surface area contributed by atoms with Gasteiger partial charge in [0, 0.05) is 25.8 Å². The van der Waals surface area contributed by atoms with E-state index >= 15 is 0 Å². The predicted molar refractivity (Wildman–Crippen MR) is 59.8 cm³/mol. The van der Waals surface area contributed by atoms with Crippen molar-refractivity contribution in [3.8, 4) is 0 Å². The summed E-state index contributed by atoms with van der Waals surface area (Å²) in [6, 6.07) is 0.304. The van der Waals surface area contributed by atoms with Gasteiger partial charge < -0.3 is 4.90 Å². The molecule has 3 nitrogen and oxygen atoms in total. The van der Waals surface area contributed by atoms with Crippen molar-refractivity contribution >= 4 is 22.7 Å². The van der Waals surface area contributed by atoms with E-state index in [2.05, 4.69) is 4.99 Å². The minimum absolute atomic E-state index is 0.196. The fourth-order valence-electron chi connectivity index (χ4n) is 2.08. The number of nitrogens with zero attached hydrogens (tertiary/aromatic N) is 2. The number of hydrogen-bond acceptors (Lipinski definition) is 3. The number of carbonyl (C=O) groups excluding carboxylic acids is 1. The van der Waals surface area contributed by atoms with Crippen LogP contribution in [0.3, 0.4) is 0 Å². The van der Waals surface area contributed by atoms with Crippen molar-refractivity contribution in [1.82, 2.24) is 4.90 Å². The summed E-state index contributed by atoms with van der Waals surface area (Å²) in [5.41, 5.74) is 0. The Morgan fingerprint density at radius 3 is 3.07 bits per heavy atom.